The van der Waals surface area contributed by atoms with E-state index in [1.807, 2.05) is 0 Å². The van der Waals surface area contributed by atoms with Crippen molar-refractivity contribution >= 4 is 23.0 Å². The second-order valence-corrected chi connectivity index (χ2v) is 4.43. The molecule has 4 nitrogen and oxygen atoms in total. The van der Waals surface area contributed by atoms with E-state index in [0.29, 0.717) is 10.6 Å². The van der Waals surface area contributed by atoms with E-state index >= 15 is 0 Å². The summed E-state index contributed by atoms with van der Waals surface area (Å²) in [7, 11) is 0. The van der Waals surface area contributed by atoms with E-state index in [1.165, 1.54) is 0 Å². The molecular weight excluding hydrogens is 290 g/mol. The third kappa shape index (κ3) is 3.03. The third-order valence-corrected chi connectivity index (χ3v) is 2.86. The van der Waals surface area contributed by atoms with Gasteiger partial charge in [-0.3, -0.25) is 10.1 Å². The summed E-state index contributed by atoms with van der Waals surface area (Å²) in [6.45, 7) is 0.0851. The van der Waals surface area contributed by atoms with E-state index < -0.39 is 27.9 Å². The molecule has 0 heterocycles. The SMILES string of the molecule is O=[N+]([O-])c1ccc(F)c(F)c1NCc1cccc(Cl)c1. The zero-order valence-corrected chi connectivity index (χ0v) is 10.8. The van der Waals surface area contributed by atoms with Crippen LogP contribution in [0.3, 0.4) is 0 Å². The van der Waals surface area contributed by atoms with Gasteiger partial charge in [-0.2, -0.15) is 0 Å². The minimum absolute atomic E-state index is 0.0851. The normalized spacial score (nSPS) is 10.3. The van der Waals surface area contributed by atoms with Crippen LogP contribution < -0.4 is 5.32 Å². The minimum Gasteiger partial charge on any atom is -0.373 e. The molecule has 0 bridgehead atoms. The predicted molar refractivity (Wildman–Crippen MR) is 71.8 cm³/mol. The molecule has 0 amide bonds. The van der Waals surface area contributed by atoms with Crippen molar-refractivity contribution in [1.82, 2.24) is 0 Å². The maximum atomic E-state index is 13.6. The lowest BCUT2D eigenvalue weighted by Crippen LogP contribution is -2.06. The van der Waals surface area contributed by atoms with E-state index in [0.717, 1.165) is 12.1 Å². The Balaban J connectivity index is 2.29. The highest BCUT2D eigenvalue weighted by Gasteiger charge is 2.21. The smallest absolute Gasteiger partial charge is 0.295 e. The van der Waals surface area contributed by atoms with Gasteiger partial charge < -0.3 is 5.32 Å². The average Bonchev–Trinajstić information content (AvgIpc) is 2.40. The van der Waals surface area contributed by atoms with Crippen LogP contribution in [0.1, 0.15) is 5.56 Å². The van der Waals surface area contributed by atoms with Gasteiger partial charge in [0.2, 0.25) is 0 Å². The Morgan fingerprint density at radius 1 is 1.25 bits per heavy atom. The third-order valence-electron chi connectivity index (χ3n) is 2.63. The molecule has 0 spiro atoms. The van der Waals surface area contributed by atoms with Crippen LogP contribution in [0.25, 0.3) is 0 Å². The second-order valence-electron chi connectivity index (χ2n) is 4.00. The molecule has 1 N–H and O–H groups in total. The number of nitrogens with one attached hydrogen (secondary N) is 1. The topological polar surface area (TPSA) is 55.2 Å². The highest BCUT2D eigenvalue weighted by Crippen LogP contribution is 2.29. The van der Waals surface area contributed by atoms with Crippen molar-refractivity contribution in [3.05, 3.63) is 68.7 Å². The summed E-state index contributed by atoms with van der Waals surface area (Å²) in [6.07, 6.45) is 0. The summed E-state index contributed by atoms with van der Waals surface area (Å²) < 4.78 is 26.8. The van der Waals surface area contributed by atoms with Crippen LogP contribution in [0.5, 0.6) is 0 Å². The van der Waals surface area contributed by atoms with Crippen molar-refractivity contribution in [3.63, 3.8) is 0 Å². The average molecular weight is 299 g/mol. The lowest BCUT2D eigenvalue weighted by Gasteiger charge is -2.09. The molecule has 2 aromatic rings. The van der Waals surface area contributed by atoms with Gasteiger partial charge in [-0.1, -0.05) is 23.7 Å². The van der Waals surface area contributed by atoms with Crippen LogP contribution in [0, 0.1) is 21.7 Å². The first kappa shape index (κ1) is 14.2. The van der Waals surface area contributed by atoms with Crippen molar-refractivity contribution in [3.8, 4) is 0 Å². The van der Waals surface area contributed by atoms with Crippen LogP contribution in [-0.4, -0.2) is 4.92 Å². The van der Waals surface area contributed by atoms with Crippen LogP contribution in [0.4, 0.5) is 20.2 Å². The number of hydrogen-bond donors (Lipinski definition) is 1. The van der Waals surface area contributed by atoms with E-state index in [-0.39, 0.29) is 6.54 Å². The number of nitro groups is 1. The fourth-order valence-electron chi connectivity index (χ4n) is 1.70. The molecule has 2 rings (SSSR count). The monoisotopic (exact) mass is 298 g/mol. The van der Waals surface area contributed by atoms with E-state index in [9.17, 15) is 18.9 Å². The standard InChI is InChI=1S/C13H9ClF2N2O2/c14-9-3-1-2-8(6-9)7-17-13-11(18(19)20)5-4-10(15)12(13)16/h1-6,17H,7H2. The van der Waals surface area contributed by atoms with E-state index in [1.54, 1.807) is 24.3 Å². The van der Waals surface area contributed by atoms with Crippen LogP contribution in [-0.2, 0) is 6.54 Å². The molecule has 0 aliphatic carbocycles. The van der Waals surface area contributed by atoms with Gasteiger partial charge in [-0.25, -0.2) is 8.78 Å². The number of anilines is 1. The molecule has 0 unspecified atom stereocenters. The van der Waals surface area contributed by atoms with Crippen molar-refractivity contribution in [2.75, 3.05) is 5.32 Å². The zero-order chi connectivity index (χ0) is 14.7. The maximum absolute atomic E-state index is 13.6. The van der Waals surface area contributed by atoms with Gasteiger partial charge in [-0.15, -0.1) is 0 Å². The van der Waals surface area contributed by atoms with Gasteiger partial charge in [-0.05, 0) is 23.8 Å². The first-order valence-electron chi connectivity index (χ1n) is 5.59. The molecular formula is C13H9ClF2N2O2. The summed E-state index contributed by atoms with van der Waals surface area (Å²) in [5.41, 5.74) is -0.309. The van der Waals surface area contributed by atoms with Crippen molar-refractivity contribution in [2.45, 2.75) is 6.54 Å². The molecule has 104 valence electrons. The molecule has 7 heteroatoms. The lowest BCUT2D eigenvalue weighted by atomic mass is 10.2. The van der Waals surface area contributed by atoms with Gasteiger partial charge in [0, 0.05) is 17.6 Å². The second kappa shape index (κ2) is 5.83. The molecule has 0 radical (unpaired) electrons. The van der Waals surface area contributed by atoms with Gasteiger partial charge in [0.1, 0.15) is 0 Å². The van der Waals surface area contributed by atoms with Crippen molar-refractivity contribution in [2.24, 2.45) is 0 Å². The number of hydrogen-bond acceptors (Lipinski definition) is 3. The number of halogens is 3. The van der Waals surface area contributed by atoms with Crippen LogP contribution >= 0.6 is 11.6 Å². The Morgan fingerprint density at radius 3 is 2.65 bits per heavy atom. The number of rotatable bonds is 4. The molecule has 0 aliphatic rings. The Labute approximate surface area is 118 Å². The van der Waals surface area contributed by atoms with Crippen LogP contribution in [0.2, 0.25) is 5.02 Å². The van der Waals surface area contributed by atoms with E-state index in [4.69, 9.17) is 11.6 Å². The Bertz CT molecular complexity index is 665. The molecule has 0 aliphatic heterocycles. The zero-order valence-electron chi connectivity index (χ0n) is 10.1. The fraction of sp³-hybridized carbons (Fsp3) is 0.0769. The number of benzene rings is 2. The Hall–Kier alpha value is -2.21. The summed E-state index contributed by atoms with van der Waals surface area (Å²) >= 11 is 5.79. The minimum atomic E-state index is -1.28. The number of nitro benzene ring substituents is 1. The maximum Gasteiger partial charge on any atom is 0.295 e. The molecule has 0 aromatic heterocycles. The van der Waals surface area contributed by atoms with Crippen molar-refractivity contribution in [1.29, 1.82) is 0 Å². The van der Waals surface area contributed by atoms with E-state index in [2.05, 4.69) is 5.32 Å². The van der Waals surface area contributed by atoms with Crippen LogP contribution in [0.15, 0.2) is 36.4 Å². The summed E-state index contributed by atoms with van der Waals surface area (Å²) in [5, 5.41) is 13.8. The van der Waals surface area contributed by atoms with Gasteiger partial charge in [0.25, 0.3) is 5.69 Å². The van der Waals surface area contributed by atoms with Crippen molar-refractivity contribution < 1.29 is 13.7 Å². The predicted octanol–water partition coefficient (Wildman–Crippen LogP) is 4.14. The highest BCUT2D eigenvalue weighted by atomic mass is 35.5. The molecule has 0 fully saturated rings. The summed E-state index contributed by atoms with van der Waals surface area (Å²) in [4.78, 5) is 10.0. The molecule has 0 saturated heterocycles. The Morgan fingerprint density at radius 2 is 2.00 bits per heavy atom. The van der Waals surface area contributed by atoms with Gasteiger partial charge in [0.05, 0.1) is 4.92 Å². The Kier molecular flexibility index (Phi) is 4.14. The number of nitrogens with zero attached hydrogens (tertiary/aromatic N) is 1. The molecule has 0 atom stereocenters. The first-order valence-corrected chi connectivity index (χ1v) is 5.97. The first-order chi connectivity index (χ1) is 9.49. The quantitative estimate of drug-likeness (QED) is 0.682. The molecule has 20 heavy (non-hydrogen) atoms. The largest absolute Gasteiger partial charge is 0.373 e. The molecule has 2 aromatic carbocycles. The fourth-order valence-corrected chi connectivity index (χ4v) is 1.91. The highest BCUT2D eigenvalue weighted by molar-refractivity contribution is 6.30. The summed E-state index contributed by atoms with van der Waals surface area (Å²) in [5.74, 6) is -2.43. The molecule has 0 saturated carbocycles. The van der Waals surface area contributed by atoms with Gasteiger partial charge in [0.15, 0.2) is 17.3 Å². The lowest BCUT2D eigenvalue weighted by molar-refractivity contribution is -0.384. The summed E-state index contributed by atoms with van der Waals surface area (Å²) in [6, 6.07) is 8.32. The van der Waals surface area contributed by atoms with Gasteiger partial charge >= 0.3 is 0 Å².